The standard InChI is InChI=1S/C13H28OSi/c1-7-11-8-9-12(10-11)14-15(5,6)13(2,3)4/h11-12H,7-10H2,1-6H3/t11-,12-/m0/s1. The molecule has 1 aliphatic carbocycles. The van der Waals surface area contributed by atoms with Gasteiger partial charge in [-0.3, -0.25) is 0 Å². The minimum atomic E-state index is -1.51. The smallest absolute Gasteiger partial charge is 0.192 e. The summed E-state index contributed by atoms with van der Waals surface area (Å²) >= 11 is 0. The van der Waals surface area contributed by atoms with Crippen LogP contribution in [0.5, 0.6) is 0 Å². The van der Waals surface area contributed by atoms with Crippen LogP contribution in [0, 0.1) is 5.92 Å². The van der Waals surface area contributed by atoms with Crippen molar-refractivity contribution >= 4 is 8.32 Å². The molecule has 0 N–H and O–H groups in total. The summed E-state index contributed by atoms with van der Waals surface area (Å²) in [6.45, 7) is 14.0. The highest BCUT2D eigenvalue weighted by atomic mass is 28.4. The van der Waals surface area contributed by atoms with Gasteiger partial charge in [-0.25, -0.2) is 0 Å². The molecule has 15 heavy (non-hydrogen) atoms. The highest BCUT2D eigenvalue weighted by Crippen LogP contribution is 2.40. The van der Waals surface area contributed by atoms with Gasteiger partial charge in [-0.15, -0.1) is 0 Å². The summed E-state index contributed by atoms with van der Waals surface area (Å²) in [4.78, 5) is 0. The van der Waals surface area contributed by atoms with Crippen LogP contribution in [0.1, 0.15) is 53.4 Å². The van der Waals surface area contributed by atoms with Crippen LogP contribution in [0.15, 0.2) is 0 Å². The topological polar surface area (TPSA) is 9.23 Å². The van der Waals surface area contributed by atoms with Crippen molar-refractivity contribution in [3.63, 3.8) is 0 Å². The van der Waals surface area contributed by atoms with E-state index < -0.39 is 8.32 Å². The van der Waals surface area contributed by atoms with E-state index in [-0.39, 0.29) is 0 Å². The average molecular weight is 228 g/mol. The minimum Gasteiger partial charge on any atom is -0.414 e. The Bertz CT molecular complexity index is 205. The normalized spacial score (nSPS) is 28.4. The molecule has 2 heteroatoms. The third-order valence-corrected chi connectivity index (χ3v) is 8.87. The van der Waals surface area contributed by atoms with Gasteiger partial charge in [0.15, 0.2) is 8.32 Å². The number of hydrogen-bond donors (Lipinski definition) is 0. The summed E-state index contributed by atoms with van der Waals surface area (Å²) < 4.78 is 6.43. The molecule has 0 radical (unpaired) electrons. The van der Waals surface area contributed by atoms with Crippen molar-refractivity contribution in [2.45, 2.75) is 77.6 Å². The van der Waals surface area contributed by atoms with E-state index in [9.17, 15) is 0 Å². The maximum atomic E-state index is 6.43. The average Bonchev–Trinajstić information content (AvgIpc) is 2.49. The molecule has 1 aliphatic rings. The Morgan fingerprint density at radius 3 is 2.20 bits per heavy atom. The van der Waals surface area contributed by atoms with E-state index >= 15 is 0 Å². The molecular formula is C13H28OSi. The van der Waals surface area contributed by atoms with Gasteiger partial charge in [0.1, 0.15) is 0 Å². The van der Waals surface area contributed by atoms with Crippen molar-refractivity contribution < 1.29 is 4.43 Å². The Morgan fingerprint density at radius 1 is 1.20 bits per heavy atom. The molecule has 90 valence electrons. The van der Waals surface area contributed by atoms with Crippen LogP contribution in [-0.2, 0) is 4.43 Å². The molecule has 0 aromatic carbocycles. The summed E-state index contributed by atoms with van der Waals surface area (Å²) in [5.74, 6) is 0.930. The first-order chi connectivity index (χ1) is 6.76. The molecule has 1 fully saturated rings. The summed E-state index contributed by atoms with van der Waals surface area (Å²) in [6.07, 6.45) is 5.89. The maximum absolute atomic E-state index is 6.43. The fourth-order valence-electron chi connectivity index (χ4n) is 2.10. The van der Waals surface area contributed by atoms with Crippen LogP contribution < -0.4 is 0 Å². The van der Waals surface area contributed by atoms with Crippen molar-refractivity contribution in [2.75, 3.05) is 0 Å². The summed E-state index contributed by atoms with van der Waals surface area (Å²) in [5, 5.41) is 0.358. The van der Waals surface area contributed by atoms with Crippen LogP contribution >= 0.6 is 0 Å². The largest absolute Gasteiger partial charge is 0.414 e. The molecule has 0 amide bonds. The predicted molar refractivity (Wildman–Crippen MR) is 69.7 cm³/mol. The van der Waals surface area contributed by atoms with Crippen LogP contribution in [0.4, 0.5) is 0 Å². The molecule has 2 atom stereocenters. The van der Waals surface area contributed by atoms with Crippen molar-refractivity contribution in [1.29, 1.82) is 0 Å². The Labute approximate surface area is 96.7 Å². The first kappa shape index (κ1) is 13.2. The van der Waals surface area contributed by atoms with E-state index in [1.165, 1.54) is 25.7 Å². The molecule has 1 nitrogen and oxygen atoms in total. The lowest BCUT2D eigenvalue weighted by molar-refractivity contribution is 0.182. The van der Waals surface area contributed by atoms with E-state index in [1.807, 2.05) is 0 Å². The molecule has 1 rings (SSSR count). The van der Waals surface area contributed by atoms with Crippen LogP contribution in [0.25, 0.3) is 0 Å². The lowest BCUT2D eigenvalue weighted by Crippen LogP contribution is -2.43. The second kappa shape index (κ2) is 4.58. The zero-order valence-electron chi connectivity index (χ0n) is 11.4. The monoisotopic (exact) mass is 228 g/mol. The molecule has 0 unspecified atom stereocenters. The van der Waals surface area contributed by atoms with Crippen molar-refractivity contribution in [3.8, 4) is 0 Å². The van der Waals surface area contributed by atoms with Gasteiger partial charge in [0.2, 0.25) is 0 Å². The minimum absolute atomic E-state index is 0.358. The molecule has 0 saturated heterocycles. The molecule has 1 saturated carbocycles. The Morgan fingerprint density at radius 2 is 1.80 bits per heavy atom. The van der Waals surface area contributed by atoms with Gasteiger partial charge in [0.05, 0.1) is 0 Å². The third kappa shape index (κ3) is 3.32. The van der Waals surface area contributed by atoms with E-state index in [2.05, 4.69) is 40.8 Å². The highest BCUT2D eigenvalue weighted by molar-refractivity contribution is 6.74. The highest BCUT2D eigenvalue weighted by Gasteiger charge is 2.40. The maximum Gasteiger partial charge on any atom is 0.192 e. The Kier molecular flexibility index (Phi) is 4.05. The summed E-state index contributed by atoms with van der Waals surface area (Å²) in [7, 11) is -1.51. The van der Waals surface area contributed by atoms with Crippen molar-refractivity contribution in [1.82, 2.24) is 0 Å². The number of hydrogen-bond acceptors (Lipinski definition) is 1. The van der Waals surface area contributed by atoms with Gasteiger partial charge in [-0.1, -0.05) is 34.1 Å². The van der Waals surface area contributed by atoms with Crippen LogP contribution in [-0.4, -0.2) is 14.4 Å². The first-order valence-corrected chi connectivity index (χ1v) is 9.35. The zero-order valence-corrected chi connectivity index (χ0v) is 12.4. The Hall–Kier alpha value is 0.177. The SMILES string of the molecule is CC[C@H]1CC[C@H](O[Si](C)(C)C(C)(C)C)C1. The number of rotatable bonds is 3. The molecule has 0 aromatic heterocycles. The Balaban J connectivity index is 2.49. The van der Waals surface area contributed by atoms with E-state index in [0.717, 1.165) is 5.92 Å². The van der Waals surface area contributed by atoms with E-state index in [1.54, 1.807) is 0 Å². The molecule has 0 bridgehead atoms. The lowest BCUT2D eigenvalue weighted by atomic mass is 10.1. The van der Waals surface area contributed by atoms with Gasteiger partial charge in [0.25, 0.3) is 0 Å². The van der Waals surface area contributed by atoms with E-state index in [4.69, 9.17) is 4.43 Å². The van der Waals surface area contributed by atoms with Gasteiger partial charge < -0.3 is 4.43 Å². The molecular weight excluding hydrogens is 200 g/mol. The zero-order chi connectivity index (χ0) is 11.7. The lowest BCUT2D eigenvalue weighted by Gasteiger charge is -2.38. The third-order valence-electron chi connectivity index (χ3n) is 4.34. The van der Waals surface area contributed by atoms with Crippen LogP contribution in [0.2, 0.25) is 18.1 Å². The fourth-order valence-corrected chi connectivity index (χ4v) is 3.50. The van der Waals surface area contributed by atoms with Crippen molar-refractivity contribution in [3.05, 3.63) is 0 Å². The summed E-state index contributed by atoms with van der Waals surface area (Å²) in [5.41, 5.74) is 0. The second-order valence-corrected chi connectivity index (χ2v) is 11.3. The molecule has 0 aliphatic heterocycles. The van der Waals surface area contributed by atoms with Gasteiger partial charge >= 0.3 is 0 Å². The molecule has 0 spiro atoms. The fraction of sp³-hybridized carbons (Fsp3) is 1.00. The molecule has 0 aromatic rings. The van der Waals surface area contributed by atoms with Gasteiger partial charge in [0, 0.05) is 6.10 Å². The first-order valence-electron chi connectivity index (χ1n) is 6.44. The van der Waals surface area contributed by atoms with Gasteiger partial charge in [-0.2, -0.15) is 0 Å². The van der Waals surface area contributed by atoms with Crippen molar-refractivity contribution in [2.24, 2.45) is 5.92 Å². The van der Waals surface area contributed by atoms with E-state index in [0.29, 0.717) is 11.1 Å². The quantitative estimate of drug-likeness (QED) is 0.642. The van der Waals surface area contributed by atoms with Crippen LogP contribution in [0.3, 0.4) is 0 Å². The van der Waals surface area contributed by atoms with Gasteiger partial charge in [-0.05, 0) is 43.3 Å². The second-order valence-electron chi connectivity index (χ2n) is 6.59. The molecule has 0 heterocycles. The summed E-state index contributed by atoms with van der Waals surface area (Å²) in [6, 6.07) is 0. The predicted octanol–water partition coefficient (Wildman–Crippen LogP) is 4.59.